The van der Waals surface area contributed by atoms with Crippen molar-refractivity contribution < 1.29 is 14.7 Å². The number of nitrogens with zero attached hydrogens (tertiary/aromatic N) is 1. The van der Waals surface area contributed by atoms with Gasteiger partial charge >= 0.3 is 5.97 Å². The van der Waals surface area contributed by atoms with Crippen molar-refractivity contribution in [3.8, 4) is 0 Å². The Morgan fingerprint density at radius 1 is 1.16 bits per heavy atom. The van der Waals surface area contributed by atoms with Crippen LogP contribution in [0.4, 0.5) is 0 Å². The molecule has 0 heterocycles. The first-order chi connectivity index (χ1) is 8.53. The third kappa shape index (κ3) is 2.93. The van der Waals surface area contributed by atoms with Crippen molar-refractivity contribution in [2.45, 2.75) is 60.4 Å². The monoisotopic (exact) mass is 269 g/mol. The van der Waals surface area contributed by atoms with Crippen molar-refractivity contribution in [2.75, 3.05) is 6.54 Å². The molecule has 1 aliphatic rings. The highest BCUT2D eigenvalue weighted by Gasteiger charge is 2.68. The summed E-state index contributed by atoms with van der Waals surface area (Å²) in [4.78, 5) is 25.0. The molecule has 0 aromatic rings. The summed E-state index contributed by atoms with van der Waals surface area (Å²) >= 11 is 0. The van der Waals surface area contributed by atoms with Crippen LogP contribution in [0.25, 0.3) is 0 Å². The molecule has 4 heteroatoms. The molecule has 4 nitrogen and oxygen atoms in total. The van der Waals surface area contributed by atoms with E-state index in [4.69, 9.17) is 5.11 Å². The van der Waals surface area contributed by atoms with Gasteiger partial charge in [-0.25, -0.2) is 0 Å². The second kappa shape index (κ2) is 5.14. The highest BCUT2D eigenvalue weighted by Crippen LogP contribution is 2.68. The summed E-state index contributed by atoms with van der Waals surface area (Å²) in [6.07, 6.45) is 0.640. The maximum Gasteiger partial charge on any atom is 0.303 e. The van der Waals surface area contributed by atoms with Crippen LogP contribution in [0.1, 0.15) is 54.4 Å². The van der Waals surface area contributed by atoms with Crippen LogP contribution in [-0.2, 0) is 9.59 Å². The molecule has 0 aromatic heterocycles. The number of hydrogen-bond acceptors (Lipinski definition) is 2. The maximum atomic E-state index is 12.6. The van der Waals surface area contributed by atoms with Crippen LogP contribution < -0.4 is 0 Å². The van der Waals surface area contributed by atoms with Crippen LogP contribution in [0.5, 0.6) is 0 Å². The molecule has 1 rings (SSSR count). The van der Waals surface area contributed by atoms with Gasteiger partial charge in [0.15, 0.2) is 0 Å². The third-order valence-corrected chi connectivity index (χ3v) is 4.96. The number of carbonyl (C=O) groups is 2. The summed E-state index contributed by atoms with van der Waals surface area (Å²) in [5.41, 5.74) is 0.0635. The summed E-state index contributed by atoms with van der Waals surface area (Å²) in [7, 11) is 0. The molecule has 1 saturated carbocycles. The first-order valence-corrected chi connectivity index (χ1v) is 7.05. The van der Waals surface area contributed by atoms with Crippen molar-refractivity contribution in [3.63, 3.8) is 0 Å². The highest BCUT2D eigenvalue weighted by atomic mass is 16.4. The van der Waals surface area contributed by atoms with E-state index in [1.54, 1.807) is 0 Å². The number of carboxylic acid groups (broad SMARTS) is 1. The molecule has 0 bridgehead atoms. The molecule has 0 saturated heterocycles. The average molecular weight is 269 g/mol. The molecule has 1 fully saturated rings. The lowest BCUT2D eigenvalue weighted by Gasteiger charge is -2.27. The van der Waals surface area contributed by atoms with Crippen LogP contribution in [0.2, 0.25) is 0 Å². The first-order valence-electron chi connectivity index (χ1n) is 7.05. The standard InChI is InChI=1S/C15H27NO3/c1-10(2)16(9-7-8-11(17)18)13(19)12-14(3,4)15(12,5)6/h10,12H,7-9H2,1-6H3,(H,17,18). The van der Waals surface area contributed by atoms with Gasteiger partial charge < -0.3 is 10.0 Å². The fourth-order valence-electron chi connectivity index (χ4n) is 3.00. The van der Waals surface area contributed by atoms with Crippen molar-refractivity contribution in [1.29, 1.82) is 0 Å². The minimum atomic E-state index is -0.803. The van der Waals surface area contributed by atoms with Gasteiger partial charge in [-0.2, -0.15) is 0 Å². The Kier molecular flexibility index (Phi) is 4.33. The average Bonchev–Trinajstić information content (AvgIpc) is 2.62. The number of amides is 1. The number of aliphatic carboxylic acids is 1. The Bertz CT molecular complexity index is 358. The second-order valence-corrected chi connectivity index (χ2v) is 7.00. The molecule has 1 N–H and O–H groups in total. The molecule has 1 aliphatic carbocycles. The maximum absolute atomic E-state index is 12.6. The smallest absolute Gasteiger partial charge is 0.303 e. The van der Waals surface area contributed by atoms with Crippen LogP contribution in [0, 0.1) is 16.7 Å². The van der Waals surface area contributed by atoms with Crippen molar-refractivity contribution in [3.05, 3.63) is 0 Å². The number of carboxylic acids is 1. The van der Waals surface area contributed by atoms with Gasteiger partial charge in [0, 0.05) is 24.9 Å². The van der Waals surface area contributed by atoms with Gasteiger partial charge in [0.05, 0.1) is 0 Å². The van der Waals surface area contributed by atoms with Crippen LogP contribution in [0.3, 0.4) is 0 Å². The Balaban J connectivity index is 2.68. The lowest BCUT2D eigenvalue weighted by Crippen LogP contribution is -2.40. The largest absolute Gasteiger partial charge is 0.481 e. The van der Waals surface area contributed by atoms with E-state index in [1.807, 2.05) is 18.7 Å². The molecule has 19 heavy (non-hydrogen) atoms. The summed E-state index contributed by atoms with van der Waals surface area (Å²) in [6, 6.07) is 0.119. The predicted octanol–water partition coefficient (Wildman–Crippen LogP) is 2.77. The number of carbonyl (C=O) groups excluding carboxylic acids is 1. The molecule has 0 atom stereocenters. The van der Waals surface area contributed by atoms with E-state index in [2.05, 4.69) is 27.7 Å². The quantitative estimate of drug-likeness (QED) is 0.806. The zero-order valence-electron chi connectivity index (χ0n) is 13.0. The van der Waals surface area contributed by atoms with E-state index in [9.17, 15) is 9.59 Å². The van der Waals surface area contributed by atoms with Gasteiger partial charge in [0.2, 0.25) is 5.91 Å². The molecular formula is C15H27NO3. The van der Waals surface area contributed by atoms with E-state index in [-0.39, 0.29) is 35.1 Å². The van der Waals surface area contributed by atoms with E-state index in [0.29, 0.717) is 13.0 Å². The summed E-state index contributed by atoms with van der Waals surface area (Å²) < 4.78 is 0. The summed E-state index contributed by atoms with van der Waals surface area (Å²) in [5, 5.41) is 8.69. The van der Waals surface area contributed by atoms with Crippen molar-refractivity contribution in [2.24, 2.45) is 16.7 Å². The Labute approximate surface area is 116 Å². The number of rotatable bonds is 6. The van der Waals surface area contributed by atoms with Gasteiger partial charge in [-0.15, -0.1) is 0 Å². The molecule has 0 spiro atoms. The van der Waals surface area contributed by atoms with E-state index in [0.717, 1.165) is 0 Å². The molecule has 0 unspecified atom stereocenters. The van der Waals surface area contributed by atoms with Crippen LogP contribution >= 0.6 is 0 Å². The van der Waals surface area contributed by atoms with Crippen molar-refractivity contribution >= 4 is 11.9 Å². The predicted molar refractivity (Wildman–Crippen MR) is 74.8 cm³/mol. The summed E-state index contributed by atoms with van der Waals surface area (Å²) in [6.45, 7) is 13.0. The van der Waals surface area contributed by atoms with Crippen LogP contribution in [0.15, 0.2) is 0 Å². The van der Waals surface area contributed by atoms with Gasteiger partial charge in [-0.3, -0.25) is 9.59 Å². The Morgan fingerprint density at radius 3 is 1.95 bits per heavy atom. The van der Waals surface area contributed by atoms with E-state index < -0.39 is 5.97 Å². The molecular weight excluding hydrogens is 242 g/mol. The molecule has 0 aliphatic heterocycles. The van der Waals surface area contributed by atoms with Gasteiger partial charge in [-0.05, 0) is 31.1 Å². The zero-order valence-corrected chi connectivity index (χ0v) is 13.0. The fraction of sp³-hybridized carbons (Fsp3) is 0.867. The SMILES string of the molecule is CC(C)N(CCCC(=O)O)C(=O)C1C(C)(C)C1(C)C. The summed E-state index contributed by atoms with van der Waals surface area (Å²) in [5.74, 6) is -0.578. The van der Waals surface area contributed by atoms with Gasteiger partial charge in [0.1, 0.15) is 0 Å². The Hall–Kier alpha value is -1.06. The second-order valence-electron chi connectivity index (χ2n) is 7.00. The Morgan fingerprint density at radius 2 is 1.63 bits per heavy atom. The lowest BCUT2D eigenvalue weighted by atomic mass is 10.0. The highest BCUT2D eigenvalue weighted by molar-refractivity contribution is 5.84. The normalized spacial score (nSPS) is 20.4. The zero-order chi connectivity index (χ0) is 15.0. The fourth-order valence-corrected chi connectivity index (χ4v) is 3.00. The first kappa shape index (κ1) is 16.0. The third-order valence-electron chi connectivity index (χ3n) is 4.96. The minimum absolute atomic E-state index is 0.0318. The molecule has 110 valence electrons. The van der Waals surface area contributed by atoms with E-state index in [1.165, 1.54) is 0 Å². The van der Waals surface area contributed by atoms with Crippen molar-refractivity contribution in [1.82, 2.24) is 4.90 Å². The molecule has 0 aromatic carbocycles. The van der Waals surface area contributed by atoms with Crippen LogP contribution in [-0.4, -0.2) is 34.5 Å². The molecule has 0 radical (unpaired) electrons. The van der Waals surface area contributed by atoms with E-state index >= 15 is 0 Å². The minimum Gasteiger partial charge on any atom is -0.481 e. The van der Waals surface area contributed by atoms with Gasteiger partial charge in [-0.1, -0.05) is 27.7 Å². The lowest BCUT2D eigenvalue weighted by molar-refractivity contribution is -0.139. The number of hydrogen-bond donors (Lipinski definition) is 1. The molecule has 1 amide bonds. The van der Waals surface area contributed by atoms with Gasteiger partial charge in [0.25, 0.3) is 0 Å². The topological polar surface area (TPSA) is 57.6 Å².